The first-order valence-electron chi connectivity index (χ1n) is 10.7. The molecule has 0 unspecified atom stereocenters. The molecule has 0 aromatic heterocycles. The number of halogens is 1. The van der Waals surface area contributed by atoms with E-state index in [1.165, 1.54) is 24.3 Å². The molecule has 0 aliphatic heterocycles. The molecule has 2 amide bonds. The fourth-order valence-corrected chi connectivity index (χ4v) is 3.87. The van der Waals surface area contributed by atoms with E-state index >= 15 is 0 Å². The van der Waals surface area contributed by atoms with Crippen molar-refractivity contribution in [2.24, 2.45) is 0 Å². The van der Waals surface area contributed by atoms with E-state index in [1.807, 2.05) is 49.4 Å². The van der Waals surface area contributed by atoms with E-state index in [0.717, 1.165) is 16.5 Å². The van der Waals surface area contributed by atoms with Crippen LogP contribution in [0, 0.1) is 5.82 Å². The first-order chi connectivity index (χ1) is 16.5. The first kappa shape index (κ1) is 23.1. The molecule has 0 saturated carbocycles. The number of hydrogen-bond donors (Lipinski definition) is 2. The van der Waals surface area contributed by atoms with E-state index in [0.29, 0.717) is 23.4 Å². The average molecular weight is 472 g/mol. The van der Waals surface area contributed by atoms with Crippen molar-refractivity contribution in [1.29, 1.82) is 0 Å². The highest BCUT2D eigenvalue weighted by molar-refractivity contribution is 7.80. The van der Waals surface area contributed by atoms with E-state index in [1.54, 1.807) is 29.2 Å². The Morgan fingerprint density at radius 3 is 2.21 bits per heavy atom. The van der Waals surface area contributed by atoms with Crippen LogP contribution in [0.1, 0.15) is 27.6 Å². The third kappa shape index (κ3) is 5.10. The quantitative estimate of drug-likeness (QED) is 0.363. The second-order valence-electron chi connectivity index (χ2n) is 7.54. The number of anilines is 2. The first-order valence-corrected chi connectivity index (χ1v) is 11.1. The van der Waals surface area contributed by atoms with Gasteiger partial charge < -0.3 is 10.2 Å². The van der Waals surface area contributed by atoms with E-state index in [2.05, 4.69) is 10.6 Å². The number of thiocarbonyl (C=S) groups is 1. The van der Waals surface area contributed by atoms with Gasteiger partial charge in [0.2, 0.25) is 0 Å². The van der Waals surface area contributed by atoms with Gasteiger partial charge in [-0.05, 0) is 79.1 Å². The van der Waals surface area contributed by atoms with Crippen molar-refractivity contribution in [1.82, 2.24) is 5.32 Å². The van der Waals surface area contributed by atoms with Crippen molar-refractivity contribution in [3.05, 3.63) is 108 Å². The third-order valence-electron chi connectivity index (χ3n) is 5.34. The Balaban J connectivity index is 1.45. The number of benzene rings is 4. The minimum absolute atomic E-state index is 0.0966. The van der Waals surface area contributed by atoms with Gasteiger partial charge in [0.15, 0.2) is 5.11 Å². The highest BCUT2D eigenvalue weighted by atomic mass is 32.1. The summed E-state index contributed by atoms with van der Waals surface area (Å²) in [6, 6.07) is 25.9. The molecule has 34 heavy (non-hydrogen) atoms. The van der Waals surface area contributed by atoms with Gasteiger partial charge in [0.1, 0.15) is 5.82 Å². The van der Waals surface area contributed by atoms with Crippen molar-refractivity contribution < 1.29 is 14.0 Å². The molecule has 0 atom stereocenters. The molecule has 0 radical (unpaired) electrons. The minimum Gasteiger partial charge on any atom is -0.332 e. The molecule has 0 saturated heterocycles. The number of amides is 2. The van der Waals surface area contributed by atoms with Gasteiger partial charge in [0.25, 0.3) is 11.8 Å². The second kappa shape index (κ2) is 10.2. The van der Waals surface area contributed by atoms with Crippen molar-refractivity contribution >= 4 is 51.3 Å². The van der Waals surface area contributed by atoms with Gasteiger partial charge in [-0.2, -0.15) is 0 Å². The number of nitrogens with zero attached hydrogens (tertiary/aromatic N) is 1. The van der Waals surface area contributed by atoms with E-state index in [9.17, 15) is 14.0 Å². The lowest BCUT2D eigenvalue weighted by atomic mass is 10.1. The normalized spacial score (nSPS) is 10.5. The van der Waals surface area contributed by atoms with Gasteiger partial charge in [-0.1, -0.05) is 36.4 Å². The van der Waals surface area contributed by atoms with Crippen molar-refractivity contribution in [3.63, 3.8) is 0 Å². The SMILES string of the molecule is CCN(C(=O)c1ccc(NC(=S)NC(=O)c2ccc(F)cc2)cc1)c1cccc2ccccc12. The Labute approximate surface area is 202 Å². The van der Waals surface area contributed by atoms with E-state index in [-0.39, 0.29) is 11.0 Å². The molecule has 5 nitrogen and oxygen atoms in total. The lowest BCUT2D eigenvalue weighted by molar-refractivity contribution is 0.0973. The Kier molecular flexibility index (Phi) is 6.94. The second-order valence-corrected chi connectivity index (χ2v) is 7.95. The molecule has 4 rings (SSSR count). The van der Waals surface area contributed by atoms with Crippen LogP contribution in [0.25, 0.3) is 10.8 Å². The van der Waals surface area contributed by atoms with Crippen LogP contribution < -0.4 is 15.5 Å². The summed E-state index contributed by atoms with van der Waals surface area (Å²) < 4.78 is 13.0. The van der Waals surface area contributed by atoms with Crippen LogP contribution in [-0.4, -0.2) is 23.5 Å². The van der Waals surface area contributed by atoms with E-state index < -0.39 is 11.7 Å². The van der Waals surface area contributed by atoms with E-state index in [4.69, 9.17) is 12.2 Å². The van der Waals surface area contributed by atoms with Crippen LogP contribution in [0.4, 0.5) is 15.8 Å². The summed E-state index contributed by atoms with van der Waals surface area (Å²) in [5.41, 5.74) is 2.30. The zero-order valence-electron chi connectivity index (χ0n) is 18.4. The summed E-state index contributed by atoms with van der Waals surface area (Å²) in [5.74, 6) is -0.982. The number of carbonyl (C=O) groups is 2. The van der Waals surface area contributed by atoms with Crippen LogP contribution in [0.3, 0.4) is 0 Å². The van der Waals surface area contributed by atoms with Gasteiger partial charge in [-0.3, -0.25) is 14.9 Å². The topological polar surface area (TPSA) is 61.4 Å². The summed E-state index contributed by atoms with van der Waals surface area (Å²) in [6.07, 6.45) is 0. The summed E-state index contributed by atoms with van der Waals surface area (Å²) in [7, 11) is 0. The molecule has 0 aliphatic carbocycles. The molecule has 2 N–H and O–H groups in total. The van der Waals surface area contributed by atoms with Crippen LogP contribution in [-0.2, 0) is 0 Å². The van der Waals surface area contributed by atoms with Gasteiger partial charge in [0, 0.05) is 28.7 Å². The molecule has 0 bridgehead atoms. The lowest BCUT2D eigenvalue weighted by Gasteiger charge is -2.23. The summed E-state index contributed by atoms with van der Waals surface area (Å²) in [4.78, 5) is 27.2. The summed E-state index contributed by atoms with van der Waals surface area (Å²) in [5, 5.41) is 7.65. The van der Waals surface area contributed by atoms with Crippen LogP contribution in [0.5, 0.6) is 0 Å². The summed E-state index contributed by atoms with van der Waals surface area (Å²) >= 11 is 5.20. The molecule has 4 aromatic carbocycles. The summed E-state index contributed by atoms with van der Waals surface area (Å²) in [6.45, 7) is 2.46. The monoisotopic (exact) mass is 471 g/mol. The Hall–Kier alpha value is -4.10. The average Bonchev–Trinajstić information content (AvgIpc) is 2.85. The van der Waals surface area contributed by atoms with Gasteiger partial charge in [0.05, 0.1) is 5.69 Å². The molecule has 0 fully saturated rings. The molecule has 7 heteroatoms. The number of hydrogen-bond acceptors (Lipinski definition) is 3. The fraction of sp³-hybridized carbons (Fsp3) is 0.0741. The van der Waals surface area contributed by atoms with Crippen LogP contribution >= 0.6 is 12.2 Å². The van der Waals surface area contributed by atoms with Gasteiger partial charge >= 0.3 is 0 Å². The maximum Gasteiger partial charge on any atom is 0.258 e. The molecule has 0 heterocycles. The molecule has 0 aliphatic rings. The zero-order chi connectivity index (χ0) is 24.1. The van der Waals surface area contributed by atoms with Crippen molar-refractivity contribution in [2.75, 3.05) is 16.8 Å². The maximum atomic E-state index is 13.3. The van der Waals surface area contributed by atoms with Crippen LogP contribution in [0.2, 0.25) is 0 Å². The van der Waals surface area contributed by atoms with Gasteiger partial charge in [-0.15, -0.1) is 0 Å². The predicted octanol–water partition coefficient (Wildman–Crippen LogP) is 5.77. The zero-order valence-corrected chi connectivity index (χ0v) is 19.2. The van der Waals surface area contributed by atoms with Gasteiger partial charge in [-0.25, -0.2) is 4.39 Å². The maximum absolute atomic E-state index is 13.3. The largest absolute Gasteiger partial charge is 0.332 e. The standard InChI is InChI=1S/C27H22FN3O2S/c1-2-31(24-9-5-7-18-6-3-4-8-23(18)24)26(33)20-12-16-22(17-13-20)29-27(34)30-25(32)19-10-14-21(28)15-11-19/h3-17H,2H2,1H3,(H2,29,30,32,34). The number of fused-ring (bicyclic) bond motifs is 1. The van der Waals surface area contributed by atoms with Crippen molar-refractivity contribution in [2.45, 2.75) is 6.92 Å². The highest BCUT2D eigenvalue weighted by Crippen LogP contribution is 2.28. The smallest absolute Gasteiger partial charge is 0.258 e. The van der Waals surface area contributed by atoms with Crippen LogP contribution in [0.15, 0.2) is 91.0 Å². The fourth-order valence-electron chi connectivity index (χ4n) is 3.66. The minimum atomic E-state index is -0.446. The number of nitrogens with one attached hydrogen (secondary N) is 2. The molecular weight excluding hydrogens is 449 g/mol. The number of carbonyl (C=O) groups excluding carboxylic acids is 2. The molecule has 4 aromatic rings. The third-order valence-corrected chi connectivity index (χ3v) is 5.55. The Morgan fingerprint density at radius 2 is 1.50 bits per heavy atom. The lowest BCUT2D eigenvalue weighted by Crippen LogP contribution is -2.34. The Bertz CT molecular complexity index is 1350. The molecular formula is C27H22FN3O2S. The Morgan fingerprint density at radius 1 is 0.853 bits per heavy atom. The molecule has 0 spiro atoms. The number of rotatable bonds is 5. The molecule has 170 valence electrons. The highest BCUT2D eigenvalue weighted by Gasteiger charge is 2.18. The predicted molar refractivity (Wildman–Crippen MR) is 138 cm³/mol. The van der Waals surface area contributed by atoms with Crippen molar-refractivity contribution in [3.8, 4) is 0 Å².